The third-order valence-electron chi connectivity index (χ3n) is 3.65. The number of carboxylic acid groups (broad SMARTS) is 1. The van der Waals surface area contributed by atoms with E-state index in [2.05, 4.69) is 0 Å². The number of likely N-dealkylation sites (N-methyl/N-ethyl adjacent to an activating group) is 1. The van der Waals surface area contributed by atoms with Gasteiger partial charge in [-0.15, -0.1) is 11.3 Å². The van der Waals surface area contributed by atoms with Crippen molar-refractivity contribution in [1.29, 1.82) is 0 Å². The fourth-order valence-corrected chi connectivity index (χ4v) is 3.28. The first-order chi connectivity index (χ1) is 10.0. The Bertz CT molecular complexity index is 491. The first-order valence-corrected chi connectivity index (χ1v) is 7.77. The number of hydrogen-bond acceptors (Lipinski definition) is 4. The molecule has 1 aromatic rings. The van der Waals surface area contributed by atoms with E-state index in [0.29, 0.717) is 13.1 Å². The maximum absolute atomic E-state index is 12.6. The zero-order valence-electron chi connectivity index (χ0n) is 12.2. The lowest BCUT2D eigenvalue weighted by Crippen LogP contribution is -2.50. The van der Waals surface area contributed by atoms with Gasteiger partial charge in [0.2, 0.25) is 0 Å². The third kappa shape index (κ3) is 3.54. The van der Waals surface area contributed by atoms with E-state index in [0.717, 1.165) is 4.88 Å². The van der Waals surface area contributed by atoms with Gasteiger partial charge < -0.3 is 19.6 Å². The molecule has 0 aliphatic carbocycles. The zero-order chi connectivity index (χ0) is 15.4. The van der Waals surface area contributed by atoms with Gasteiger partial charge in [0, 0.05) is 18.5 Å². The molecule has 2 amide bonds. The van der Waals surface area contributed by atoms with Crippen molar-refractivity contribution in [3.05, 3.63) is 22.4 Å². The summed E-state index contributed by atoms with van der Waals surface area (Å²) in [7, 11) is 1.73. The first kappa shape index (κ1) is 15.8. The highest BCUT2D eigenvalue weighted by Gasteiger charge is 2.40. The molecule has 21 heavy (non-hydrogen) atoms. The van der Waals surface area contributed by atoms with E-state index in [1.54, 1.807) is 28.2 Å². The standard InChI is InChI=1S/C14H20N2O4S/c1-3-16(12-9-20-8-11(12)13(17)18)14(19)15(2)7-10-5-4-6-21-10/h4-6,11-12H,3,7-9H2,1-2H3,(H,17,18). The van der Waals surface area contributed by atoms with Crippen LogP contribution in [-0.2, 0) is 16.1 Å². The summed E-state index contributed by atoms with van der Waals surface area (Å²) in [5, 5.41) is 11.2. The van der Waals surface area contributed by atoms with Crippen molar-refractivity contribution >= 4 is 23.3 Å². The molecule has 1 aliphatic rings. The second-order valence-corrected chi connectivity index (χ2v) is 6.09. The van der Waals surface area contributed by atoms with Gasteiger partial charge in [0.15, 0.2) is 0 Å². The van der Waals surface area contributed by atoms with Crippen molar-refractivity contribution < 1.29 is 19.4 Å². The number of carboxylic acids is 1. The minimum atomic E-state index is -0.912. The molecule has 0 saturated carbocycles. The average Bonchev–Trinajstić information content (AvgIpc) is 3.10. The summed E-state index contributed by atoms with van der Waals surface area (Å²) in [4.78, 5) is 28.1. The predicted molar refractivity (Wildman–Crippen MR) is 79.3 cm³/mol. The molecule has 2 unspecified atom stereocenters. The van der Waals surface area contributed by atoms with Crippen LogP contribution in [0.1, 0.15) is 11.8 Å². The normalized spacial score (nSPS) is 21.2. The molecule has 2 heterocycles. The molecule has 0 bridgehead atoms. The molecule has 1 aliphatic heterocycles. The van der Waals surface area contributed by atoms with Crippen LogP contribution < -0.4 is 0 Å². The Labute approximate surface area is 127 Å². The van der Waals surface area contributed by atoms with Crippen LogP contribution in [0.5, 0.6) is 0 Å². The summed E-state index contributed by atoms with van der Waals surface area (Å²) in [6.07, 6.45) is 0. The molecule has 1 aromatic heterocycles. The van der Waals surface area contributed by atoms with Crippen LogP contribution in [0.15, 0.2) is 17.5 Å². The molecule has 0 radical (unpaired) electrons. The Kier molecular flexibility index (Phi) is 5.19. The number of aliphatic carboxylic acids is 1. The maximum Gasteiger partial charge on any atom is 0.320 e. The van der Waals surface area contributed by atoms with Crippen molar-refractivity contribution in [2.75, 3.05) is 26.8 Å². The van der Waals surface area contributed by atoms with Gasteiger partial charge in [0.05, 0.1) is 25.8 Å². The molecule has 2 atom stereocenters. The second kappa shape index (κ2) is 6.91. The Morgan fingerprint density at radius 1 is 1.48 bits per heavy atom. The molecule has 116 valence electrons. The smallest absolute Gasteiger partial charge is 0.320 e. The molecule has 7 heteroatoms. The molecular formula is C14H20N2O4S. The van der Waals surface area contributed by atoms with E-state index >= 15 is 0 Å². The van der Waals surface area contributed by atoms with Gasteiger partial charge in [-0.25, -0.2) is 4.79 Å². The van der Waals surface area contributed by atoms with E-state index in [4.69, 9.17) is 4.74 Å². The van der Waals surface area contributed by atoms with Crippen molar-refractivity contribution in [3.8, 4) is 0 Å². The van der Waals surface area contributed by atoms with Crippen molar-refractivity contribution in [3.63, 3.8) is 0 Å². The van der Waals surface area contributed by atoms with E-state index in [-0.39, 0.29) is 19.2 Å². The van der Waals surface area contributed by atoms with E-state index < -0.39 is 17.9 Å². The third-order valence-corrected chi connectivity index (χ3v) is 4.52. The summed E-state index contributed by atoms with van der Waals surface area (Å²) in [5.74, 6) is -1.56. The van der Waals surface area contributed by atoms with Gasteiger partial charge in [-0.05, 0) is 18.4 Å². The lowest BCUT2D eigenvalue weighted by Gasteiger charge is -2.32. The highest BCUT2D eigenvalue weighted by molar-refractivity contribution is 7.09. The highest BCUT2D eigenvalue weighted by atomic mass is 32.1. The number of hydrogen-bond donors (Lipinski definition) is 1. The van der Waals surface area contributed by atoms with Gasteiger partial charge in [-0.1, -0.05) is 6.07 Å². The summed E-state index contributed by atoms with van der Waals surface area (Å²) in [6.45, 7) is 3.29. The SMILES string of the molecule is CCN(C(=O)N(C)Cc1cccs1)C1COCC1C(=O)O. The number of urea groups is 1. The topological polar surface area (TPSA) is 70.1 Å². The number of carbonyl (C=O) groups is 2. The largest absolute Gasteiger partial charge is 0.481 e. The number of nitrogens with zero attached hydrogens (tertiary/aromatic N) is 2. The van der Waals surface area contributed by atoms with Crippen LogP contribution in [-0.4, -0.2) is 59.8 Å². The lowest BCUT2D eigenvalue weighted by atomic mass is 10.0. The quantitative estimate of drug-likeness (QED) is 0.899. The minimum absolute atomic E-state index is 0.160. The van der Waals surface area contributed by atoms with Crippen molar-refractivity contribution in [2.24, 2.45) is 5.92 Å². The molecule has 1 saturated heterocycles. The predicted octanol–water partition coefficient (Wildman–Crippen LogP) is 1.72. The Morgan fingerprint density at radius 3 is 2.81 bits per heavy atom. The number of amides is 2. The van der Waals surface area contributed by atoms with Gasteiger partial charge >= 0.3 is 12.0 Å². The Hall–Kier alpha value is -1.60. The average molecular weight is 312 g/mol. The number of rotatable bonds is 5. The fraction of sp³-hybridized carbons (Fsp3) is 0.571. The van der Waals surface area contributed by atoms with E-state index in [1.807, 2.05) is 24.4 Å². The van der Waals surface area contributed by atoms with Crippen molar-refractivity contribution in [2.45, 2.75) is 19.5 Å². The maximum atomic E-state index is 12.6. The molecule has 0 spiro atoms. The lowest BCUT2D eigenvalue weighted by molar-refractivity contribution is -0.142. The van der Waals surface area contributed by atoms with E-state index in [1.165, 1.54) is 0 Å². The van der Waals surface area contributed by atoms with Crippen LogP contribution in [0, 0.1) is 5.92 Å². The zero-order valence-corrected chi connectivity index (χ0v) is 13.0. The Morgan fingerprint density at radius 2 is 2.24 bits per heavy atom. The molecular weight excluding hydrogens is 292 g/mol. The Balaban J connectivity index is 2.05. The first-order valence-electron chi connectivity index (χ1n) is 6.89. The highest BCUT2D eigenvalue weighted by Crippen LogP contribution is 2.22. The summed E-state index contributed by atoms with van der Waals surface area (Å²) in [5.41, 5.74) is 0. The molecule has 2 rings (SSSR count). The van der Waals surface area contributed by atoms with Gasteiger partial charge in [0.25, 0.3) is 0 Å². The van der Waals surface area contributed by atoms with Crippen LogP contribution in [0.4, 0.5) is 4.79 Å². The van der Waals surface area contributed by atoms with Gasteiger partial charge in [-0.3, -0.25) is 4.79 Å². The molecule has 1 N–H and O–H groups in total. The number of thiophene rings is 1. The summed E-state index contributed by atoms with van der Waals surface area (Å²) in [6, 6.07) is 3.36. The van der Waals surface area contributed by atoms with Gasteiger partial charge in [0.1, 0.15) is 5.92 Å². The minimum Gasteiger partial charge on any atom is -0.481 e. The number of ether oxygens (including phenoxy) is 1. The molecule has 1 fully saturated rings. The van der Waals surface area contributed by atoms with Gasteiger partial charge in [-0.2, -0.15) is 0 Å². The van der Waals surface area contributed by atoms with Crippen LogP contribution in [0.3, 0.4) is 0 Å². The van der Waals surface area contributed by atoms with E-state index in [9.17, 15) is 14.7 Å². The monoisotopic (exact) mass is 312 g/mol. The summed E-state index contributed by atoms with van der Waals surface area (Å²) >= 11 is 1.59. The van der Waals surface area contributed by atoms with Crippen LogP contribution in [0.25, 0.3) is 0 Å². The molecule has 6 nitrogen and oxygen atoms in total. The van der Waals surface area contributed by atoms with Crippen LogP contribution >= 0.6 is 11.3 Å². The number of carbonyl (C=O) groups excluding carboxylic acids is 1. The second-order valence-electron chi connectivity index (χ2n) is 5.05. The van der Waals surface area contributed by atoms with Crippen LogP contribution in [0.2, 0.25) is 0 Å². The summed E-state index contributed by atoms with van der Waals surface area (Å²) < 4.78 is 5.26. The van der Waals surface area contributed by atoms with Crippen molar-refractivity contribution in [1.82, 2.24) is 9.80 Å². The molecule has 0 aromatic carbocycles. The fourth-order valence-electron chi connectivity index (χ4n) is 2.52.